The number of amides is 2. The van der Waals surface area contributed by atoms with Gasteiger partial charge >= 0.3 is 6.03 Å². The Morgan fingerprint density at radius 2 is 1.71 bits per heavy atom. The minimum atomic E-state index is -0.193. The third kappa shape index (κ3) is 4.56. The van der Waals surface area contributed by atoms with Crippen LogP contribution in [0.5, 0.6) is 11.5 Å². The van der Waals surface area contributed by atoms with Gasteiger partial charge < -0.3 is 19.7 Å². The molecule has 0 radical (unpaired) electrons. The van der Waals surface area contributed by atoms with E-state index in [0.717, 1.165) is 31.5 Å². The molecule has 0 spiro atoms. The molecule has 1 aliphatic rings. The van der Waals surface area contributed by atoms with Crippen LogP contribution in [0.15, 0.2) is 18.2 Å². The van der Waals surface area contributed by atoms with E-state index >= 15 is 0 Å². The van der Waals surface area contributed by atoms with Crippen molar-refractivity contribution in [1.29, 1.82) is 0 Å². The molecule has 0 bridgehead atoms. The van der Waals surface area contributed by atoms with E-state index in [2.05, 4.69) is 19.2 Å². The van der Waals surface area contributed by atoms with E-state index in [4.69, 9.17) is 9.47 Å². The summed E-state index contributed by atoms with van der Waals surface area (Å²) in [5.74, 6) is 1.42. The zero-order valence-electron chi connectivity index (χ0n) is 15.4. The van der Waals surface area contributed by atoms with Gasteiger partial charge in [-0.05, 0) is 30.5 Å². The predicted octanol–water partition coefficient (Wildman–Crippen LogP) is 3.57. The summed E-state index contributed by atoms with van der Waals surface area (Å²) in [4.78, 5) is 14.4. The molecule has 0 aliphatic carbocycles. The summed E-state index contributed by atoms with van der Waals surface area (Å²) in [7, 11) is 3.26. The number of carbonyl (C=O) groups excluding carboxylic acids is 1. The van der Waals surface area contributed by atoms with Crippen molar-refractivity contribution in [3.05, 3.63) is 23.8 Å². The molecule has 1 saturated heterocycles. The highest BCUT2D eigenvalue weighted by Crippen LogP contribution is 2.32. The zero-order chi connectivity index (χ0) is 17.6. The third-order valence-electron chi connectivity index (χ3n) is 4.74. The van der Waals surface area contributed by atoms with Crippen LogP contribution in [-0.4, -0.2) is 44.8 Å². The number of benzene rings is 1. The number of ether oxygens (including phenoxy) is 2. The summed E-state index contributed by atoms with van der Waals surface area (Å²) < 4.78 is 10.7. The standard InChI is InChI=1S/C19H30N2O3/c1-19(2,15-9-10-16(23-3)17(13-15)24-4)14-20-18(22)21-11-7-5-6-8-12-21/h9-10,13H,5-8,11-12,14H2,1-4H3,(H,20,22). The van der Waals surface area contributed by atoms with E-state index in [0.29, 0.717) is 18.0 Å². The molecule has 2 rings (SSSR count). The van der Waals surface area contributed by atoms with Gasteiger partial charge in [0, 0.05) is 25.0 Å². The second-order valence-electron chi connectivity index (χ2n) is 7.01. The summed E-state index contributed by atoms with van der Waals surface area (Å²) in [6.07, 6.45) is 4.65. The third-order valence-corrected chi connectivity index (χ3v) is 4.74. The van der Waals surface area contributed by atoms with Crippen molar-refractivity contribution in [3.63, 3.8) is 0 Å². The van der Waals surface area contributed by atoms with E-state index in [1.54, 1.807) is 14.2 Å². The van der Waals surface area contributed by atoms with Crippen LogP contribution >= 0.6 is 0 Å². The van der Waals surface area contributed by atoms with Crippen molar-refractivity contribution >= 4 is 6.03 Å². The predicted molar refractivity (Wildman–Crippen MR) is 96.0 cm³/mol. The lowest BCUT2D eigenvalue weighted by Gasteiger charge is -2.28. The first-order valence-corrected chi connectivity index (χ1v) is 8.73. The molecule has 1 fully saturated rings. The van der Waals surface area contributed by atoms with Crippen LogP contribution in [0.4, 0.5) is 4.79 Å². The Kier molecular flexibility index (Phi) is 6.35. The van der Waals surface area contributed by atoms with Crippen LogP contribution in [0.2, 0.25) is 0 Å². The van der Waals surface area contributed by atoms with Crippen molar-refractivity contribution in [2.24, 2.45) is 0 Å². The summed E-state index contributed by atoms with van der Waals surface area (Å²) in [5.41, 5.74) is 0.914. The van der Waals surface area contributed by atoms with Gasteiger partial charge in [-0.15, -0.1) is 0 Å². The Hall–Kier alpha value is -1.91. The number of likely N-dealkylation sites (tertiary alicyclic amines) is 1. The zero-order valence-corrected chi connectivity index (χ0v) is 15.4. The maximum absolute atomic E-state index is 12.4. The van der Waals surface area contributed by atoms with Crippen LogP contribution in [0.25, 0.3) is 0 Å². The molecule has 24 heavy (non-hydrogen) atoms. The highest BCUT2D eigenvalue weighted by molar-refractivity contribution is 5.74. The molecular formula is C19H30N2O3. The van der Waals surface area contributed by atoms with Crippen LogP contribution in [0, 0.1) is 0 Å². The molecule has 5 nitrogen and oxygen atoms in total. The average molecular weight is 334 g/mol. The molecule has 1 heterocycles. The number of rotatable bonds is 5. The second kappa shape index (κ2) is 8.27. The van der Waals surface area contributed by atoms with Crippen molar-refractivity contribution in [2.45, 2.75) is 44.9 Å². The van der Waals surface area contributed by atoms with E-state index in [-0.39, 0.29) is 11.4 Å². The van der Waals surface area contributed by atoms with Crippen molar-refractivity contribution in [1.82, 2.24) is 10.2 Å². The van der Waals surface area contributed by atoms with Crippen molar-refractivity contribution in [2.75, 3.05) is 33.9 Å². The molecule has 1 aliphatic heterocycles. The summed E-state index contributed by atoms with van der Waals surface area (Å²) in [6.45, 7) is 6.55. The largest absolute Gasteiger partial charge is 0.493 e. The van der Waals surface area contributed by atoms with Gasteiger partial charge in [0.2, 0.25) is 0 Å². The van der Waals surface area contributed by atoms with Gasteiger partial charge in [-0.3, -0.25) is 0 Å². The lowest BCUT2D eigenvalue weighted by molar-refractivity contribution is 0.197. The summed E-state index contributed by atoms with van der Waals surface area (Å²) in [5, 5.41) is 3.10. The molecule has 1 aromatic rings. The van der Waals surface area contributed by atoms with Gasteiger partial charge in [0.1, 0.15) is 0 Å². The van der Waals surface area contributed by atoms with E-state index in [9.17, 15) is 4.79 Å². The van der Waals surface area contributed by atoms with E-state index < -0.39 is 0 Å². The van der Waals surface area contributed by atoms with E-state index in [1.165, 1.54) is 12.8 Å². The minimum Gasteiger partial charge on any atom is -0.493 e. The number of urea groups is 1. The van der Waals surface area contributed by atoms with Crippen molar-refractivity contribution < 1.29 is 14.3 Å². The minimum absolute atomic E-state index is 0.0467. The second-order valence-corrected chi connectivity index (χ2v) is 7.01. The smallest absolute Gasteiger partial charge is 0.317 e. The van der Waals surface area contributed by atoms with E-state index in [1.807, 2.05) is 23.1 Å². The van der Waals surface area contributed by atoms with Gasteiger partial charge in [-0.1, -0.05) is 32.8 Å². The first-order valence-electron chi connectivity index (χ1n) is 8.73. The van der Waals surface area contributed by atoms with Gasteiger partial charge in [0.05, 0.1) is 14.2 Å². The van der Waals surface area contributed by atoms with Gasteiger partial charge in [0.15, 0.2) is 11.5 Å². The molecule has 134 valence electrons. The molecule has 0 atom stereocenters. The molecule has 0 saturated carbocycles. The Balaban J connectivity index is 2.01. The quantitative estimate of drug-likeness (QED) is 0.895. The van der Waals surface area contributed by atoms with Crippen molar-refractivity contribution in [3.8, 4) is 11.5 Å². The first kappa shape index (κ1) is 18.4. The Bertz CT molecular complexity index is 550. The SMILES string of the molecule is COc1ccc(C(C)(C)CNC(=O)N2CCCCCC2)cc1OC. The number of carbonyl (C=O) groups is 1. The van der Waals surface area contributed by atoms with Gasteiger partial charge in [-0.25, -0.2) is 4.79 Å². The number of hydrogen-bond donors (Lipinski definition) is 1. The van der Waals surface area contributed by atoms with Crippen LogP contribution in [0.3, 0.4) is 0 Å². The number of hydrogen-bond acceptors (Lipinski definition) is 3. The lowest BCUT2D eigenvalue weighted by atomic mass is 9.84. The van der Waals surface area contributed by atoms with Crippen LogP contribution in [-0.2, 0) is 5.41 Å². The Morgan fingerprint density at radius 3 is 2.29 bits per heavy atom. The molecular weight excluding hydrogens is 304 g/mol. The molecule has 1 N–H and O–H groups in total. The lowest BCUT2D eigenvalue weighted by Crippen LogP contribution is -2.45. The summed E-state index contributed by atoms with van der Waals surface area (Å²) >= 11 is 0. The monoisotopic (exact) mass is 334 g/mol. The first-order chi connectivity index (χ1) is 11.5. The maximum Gasteiger partial charge on any atom is 0.317 e. The van der Waals surface area contributed by atoms with Gasteiger partial charge in [0.25, 0.3) is 0 Å². The fourth-order valence-electron chi connectivity index (χ4n) is 3.04. The number of nitrogens with one attached hydrogen (secondary N) is 1. The average Bonchev–Trinajstić information content (AvgIpc) is 2.88. The highest BCUT2D eigenvalue weighted by atomic mass is 16.5. The maximum atomic E-state index is 12.4. The van der Waals surface area contributed by atoms with Crippen LogP contribution in [0.1, 0.15) is 45.1 Å². The fraction of sp³-hybridized carbons (Fsp3) is 0.632. The molecule has 5 heteroatoms. The molecule has 2 amide bonds. The number of methoxy groups -OCH3 is 2. The molecule has 0 unspecified atom stereocenters. The fourth-order valence-corrected chi connectivity index (χ4v) is 3.04. The molecule has 1 aromatic carbocycles. The molecule has 0 aromatic heterocycles. The van der Waals surface area contributed by atoms with Crippen LogP contribution < -0.4 is 14.8 Å². The Labute approximate surface area is 145 Å². The van der Waals surface area contributed by atoms with Gasteiger partial charge in [-0.2, -0.15) is 0 Å². The number of nitrogens with zero attached hydrogens (tertiary/aromatic N) is 1. The Morgan fingerprint density at radius 1 is 1.08 bits per heavy atom. The summed E-state index contributed by atoms with van der Waals surface area (Å²) in [6, 6.07) is 5.97. The normalized spacial score (nSPS) is 15.6. The topological polar surface area (TPSA) is 50.8 Å². The highest BCUT2D eigenvalue weighted by Gasteiger charge is 2.24.